The van der Waals surface area contributed by atoms with E-state index in [1.54, 1.807) is 0 Å². The van der Waals surface area contributed by atoms with Crippen molar-refractivity contribution in [2.75, 3.05) is 6.61 Å². The van der Waals surface area contributed by atoms with Gasteiger partial charge in [-0.2, -0.15) is 0 Å². The Bertz CT molecular complexity index is 966. The van der Waals surface area contributed by atoms with Crippen molar-refractivity contribution in [3.8, 4) is 0 Å². The van der Waals surface area contributed by atoms with Crippen LogP contribution in [0.15, 0.2) is 60.7 Å². The van der Waals surface area contributed by atoms with Gasteiger partial charge in [0.25, 0.3) is 0 Å². The molecule has 0 spiro atoms. The summed E-state index contributed by atoms with van der Waals surface area (Å²) >= 11 is 0. The van der Waals surface area contributed by atoms with Crippen LogP contribution < -0.4 is 10.6 Å². The summed E-state index contributed by atoms with van der Waals surface area (Å²) < 4.78 is 185. The first-order valence-corrected chi connectivity index (χ1v) is 11.7. The predicted octanol–water partition coefficient (Wildman–Crippen LogP) is 6.75. The minimum absolute atomic E-state index is 0.667. The number of hydrogen-bond donors (Lipinski definition) is 0. The maximum absolute atomic E-state index is 14.3. The molecule has 36 heavy (non-hydrogen) atoms. The van der Waals surface area contributed by atoms with Crippen LogP contribution in [-0.2, 0) is 13.6 Å². The molecule has 3 nitrogen and oxygen atoms in total. The van der Waals surface area contributed by atoms with Crippen LogP contribution in [0.1, 0.15) is 6.92 Å². The molecular weight excluding hydrogens is 547 g/mol. The van der Waals surface area contributed by atoms with Gasteiger partial charge in [0.1, 0.15) is 0 Å². The van der Waals surface area contributed by atoms with Crippen LogP contribution in [0.4, 0.5) is 52.7 Å². The third kappa shape index (κ3) is 3.46. The molecule has 0 N–H and O–H groups in total. The zero-order valence-corrected chi connectivity index (χ0v) is 18.6. The van der Waals surface area contributed by atoms with Gasteiger partial charge in [-0.05, 0) is 0 Å². The van der Waals surface area contributed by atoms with E-state index in [9.17, 15) is 52.7 Å². The zero-order valence-electron chi connectivity index (χ0n) is 17.7. The SMILES string of the molecule is CCOP1(c2ccccc2)(c2ccccc2)OC(C(F)(F)F)(C(F)(F)F)C(C(F)(F)F)(C(F)(F)F)O1. The van der Waals surface area contributed by atoms with Crippen molar-refractivity contribution in [3.63, 3.8) is 0 Å². The fraction of sp³-hybridized carbons (Fsp3) is 0.400. The van der Waals surface area contributed by atoms with E-state index in [-0.39, 0.29) is 0 Å². The number of rotatable bonds is 4. The van der Waals surface area contributed by atoms with Crippen LogP contribution in [0.3, 0.4) is 0 Å². The van der Waals surface area contributed by atoms with Crippen LogP contribution in [-0.4, -0.2) is 42.5 Å². The molecule has 0 saturated carbocycles. The summed E-state index contributed by atoms with van der Waals surface area (Å²) in [5.74, 6) is 0. The molecule has 2 aromatic rings. The Hall–Kier alpha value is -2.09. The summed E-state index contributed by atoms with van der Waals surface area (Å²) in [5, 5.41) is -2.05. The second-order valence-electron chi connectivity index (χ2n) is 7.51. The van der Waals surface area contributed by atoms with Gasteiger partial charge in [0, 0.05) is 0 Å². The summed E-state index contributed by atoms with van der Waals surface area (Å²) in [6, 6.07) is 8.77. The topological polar surface area (TPSA) is 27.7 Å². The predicted molar refractivity (Wildman–Crippen MR) is 103 cm³/mol. The quantitative estimate of drug-likeness (QED) is 0.305. The molecule has 16 heteroatoms. The van der Waals surface area contributed by atoms with E-state index in [2.05, 4.69) is 9.05 Å². The second kappa shape index (κ2) is 8.20. The number of halogens is 12. The van der Waals surface area contributed by atoms with Gasteiger partial charge in [0.15, 0.2) is 0 Å². The Morgan fingerprint density at radius 1 is 0.583 bits per heavy atom. The van der Waals surface area contributed by atoms with Crippen molar-refractivity contribution in [2.45, 2.75) is 42.8 Å². The summed E-state index contributed by atoms with van der Waals surface area (Å²) in [5.41, 5.74) is -14.0. The van der Waals surface area contributed by atoms with Gasteiger partial charge in [0.05, 0.1) is 0 Å². The van der Waals surface area contributed by atoms with Gasteiger partial charge in [-0.1, -0.05) is 0 Å². The molecule has 1 heterocycles. The Kier molecular flexibility index (Phi) is 6.49. The van der Waals surface area contributed by atoms with Crippen LogP contribution in [0, 0.1) is 0 Å². The molecule has 1 aliphatic rings. The van der Waals surface area contributed by atoms with Gasteiger partial charge in [-0.25, -0.2) is 0 Å². The molecule has 0 unspecified atom stereocenters. The first kappa shape index (κ1) is 28.5. The Morgan fingerprint density at radius 3 is 1.08 bits per heavy atom. The molecule has 0 aliphatic carbocycles. The molecule has 1 saturated heterocycles. The van der Waals surface area contributed by atoms with E-state index in [1.807, 2.05) is 0 Å². The molecule has 0 aromatic heterocycles. The fourth-order valence-corrected chi connectivity index (χ4v) is 8.81. The first-order chi connectivity index (χ1) is 16.3. The van der Waals surface area contributed by atoms with Crippen molar-refractivity contribution in [3.05, 3.63) is 60.7 Å². The van der Waals surface area contributed by atoms with Gasteiger partial charge in [0.2, 0.25) is 0 Å². The normalized spacial score (nSPS) is 22.5. The third-order valence-electron chi connectivity index (χ3n) is 5.46. The van der Waals surface area contributed by atoms with E-state index in [0.29, 0.717) is 24.3 Å². The molecule has 0 amide bonds. The van der Waals surface area contributed by atoms with E-state index < -0.39 is 60.4 Å². The second-order valence-corrected chi connectivity index (χ2v) is 10.9. The summed E-state index contributed by atoms with van der Waals surface area (Å²) in [4.78, 5) is 0. The van der Waals surface area contributed by atoms with Gasteiger partial charge in [-0.15, -0.1) is 0 Å². The average Bonchev–Trinajstić information content (AvgIpc) is 3.08. The summed E-state index contributed by atoms with van der Waals surface area (Å²) in [7, 11) is -7.05. The molecule has 2 aromatic carbocycles. The van der Waals surface area contributed by atoms with Crippen LogP contribution in [0.25, 0.3) is 0 Å². The van der Waals surface area contributed by atoms with E-state index in [0.717, 1.165) is 43.3 Å². The molecular formula is C20H15F12O3P. The van der Waals surface area contributed by atoms with E-state index in [4.69, 9.17) is 4.52 Å². The molecule has 1 fully saturated rings. The Morgan fingerprint density at radius 2 is 0.861 bits per heavy atom. The van der Waals surface area contributed by atoms with Crippen molar-refractivity contribution in [1.82, 2.24) is 0 Å². The minimum atomic E-state index is -7.36. The molecule has 0 atom stereocenters. The molecule has 0 bridgehead atoms. The first-order valence-electron chi connectivity index (χ1n) is 9.74. The van der Waals surface area contributed by atoms with Crippen LogP contribution >= 0.6 is 7.28 Å². The molecule has 202 valence electrons. The van der Waals surface area contributed by atoms with Crippen molar-refractivity contribution in [2.24, 2.45) is 0 Å². The van der Waals surface area contributed by atoms with Gasteiger partial charge < -0.3 is 0 Å². The number of hydrogen-bond acceptors (Lipinski definition) is 3. The van der Waals surface area contributed by atoms with Gasteiger partial charge >= 0.3 is 194 Å². The van der Waals surface area contributed by atoms with Gasteiger partial charge in [-0.3, -0.25) is 0 Å². The Balaban J connectivity index is 2.74. The zero-order chi connectivity index (χ0) is 27.5. The fourth-order valence-electron chi connectivity index (χ4n) is 4.14. The Labute approximate surface area is 195 Å². The van der Waals surface area contributed by atoms with Crippen molar-refractivity contribution < 1.29 is 66.3 Å². The molecule has 3 rings (SSSR count). The summed E-state index contributed by atoms with van der Waals surface area (Å²) in [6.07, 6.45) is -29.5. The maximum atomic E-state index is 14.3. The van der Waals surface area contributed by atoms with E-state index in [1.165, 1.54) is 0 Å². The number of alkyl halides is 12. The monoisotopic (exact) mass is 562 g/mol. The van der Waals surface area contributed by atoms with Crippen LogP contribution in [0.2, 0.25) is 0 Å². The van der Waals surface area contributed by atoms with Crippen molar-refractivity contribution >= 4 is 17.9 Å². The molecule has 0 radical (unpaired) electrons. The third-order valence-corrected chi connectivity index (χ3v) is 9.78. The van der Waals surface area contributed by atoms with Crippen LogP contribution in [0.5, 0.6) is 0 Å². The number of benzene rings is 2. The standard InChI is InChI=1S/C20H15F12O3P/c1-2-33-36(13-9-5-3-6-10-13,14-11-7-4-8-12-14)34-15(17(21,22)23,18(24,25)26)16(35-36,19(27,28)29)20(30,31)32/h3-12H,2H2,1H3. The molecule has 1 aliphatic heterocycles. The van der Waals surface area contributed by atoms with Crippen molar-refractivity contribution in [1.29, 1.82) is 0 Å². The summed E-state index contributed by atoms with van der Waals surface area (Å²) in [6.45, 7) is -0.0732. The van der Waals surface area contributed by atoms with E-state index >= 15 is 0 Å². The average molecular weight is 562 g/mol.